The zero-order valence-electron chi connectivity index (χ0n) is 29.1. The van der Waals surface area contributed by atoms with Crippen molar-refractivity contribution >= 4 is 28.5 Å². The average molecular weight is 578 g/mol. The number of aliphatic imine (C=N–C) groups is 2. The molecule has 0 saturated heterocycles. The van der Waals surface area contributed by atoms with Gasteiger partial charge in [-0.25, -0.2) is 0 Å². The molecule has 0 atom stereocenters. The summed E-state index contributed by atoms with van der Waals surface area (Å²) in [7, 11) is 0. The Labute approximate surface area is 262 Å². The molecule has 3 heteroatoms. The number of hydrogen-bond acceptors (Lipinski definition) is 3. The van der Waals surface area contributed by atoms with E-state index < -0.39 is 0 Å². The monoisotopic (exact) mass is 577 g/mol. The Morgan fingerprint density at radius 1 is 0.581 bits per heavy atom. The number of rotatable bonds is 10. The maximum absolute atomic E-state index is 5.65. The van der Waals surface area contributed by atoms with Crippen molar-refractivity contribution in [3.63, 3.8) is 0 Å². The van der Waals surface area contributed by atoms with E-state index in [1.54, 1.807) is 0 Å². The van der Waals surface area contributed by atoms with Gasteiger partial charge in [-0.15, -0.1) is 0 Å². The number of hydrogen-bond donors (Lipinski definition) is 1. The largest absolute Gasteiger partial charge is 0.358 e. The molecular formula is C40H55N3. The highest BCUT2D eigenvalue weighted by Gasteiger charge is 2.28. The first-order valence-electron chi connectivity index (χ1n) is 16.1. The molecule has 0 bridgehead atoms. The molecule has 3 aromatic carbocycles. The fourth-order valence-corrected chi connectivity index (χ4v) is 5.66. The number of nitrogens with one attached hydrogen (secondary N) is 1. The smallest absolute Gasteiger partial charge is 0.0702 e. The highest BCUT2D eigenvalue weighted by molar-refractivity contribution is 6.27. The first kappa shape index (κ1) is 34.0. The van der Waals surface area contributed by atoms with Crippen molar-refractivity contribution in [1.29, 1.82) is 0 Å². The Morgan fingerprint density at radius 3 is 1.56 bits per heavy atom. The summed E-state index contributed by atoms with van der Waals surface area (Å²) < 4.78 is 0. The minimum Gasteiger partial charge on any atom is -0.358 e. The summed E-state index contributed by atoms with van der Waals surface area (Å²) in [6.07, 6.45) is 0. The molecule has 3 nitrogen and oxygen atoms in total. The molecule has 0 fully saturated rings. The molecule has 0 aromatic heterocycles. The number of nitrogens with zero attached hydrogens (tertiary/aromatic N) is 2. The van der Waals surface area contributed by atoms with Gasteiger partial charge in [-0.1, -0.05) is 131 Å². The van der Waals surface area contributed by atoms with E-state index in [0.717, 1.165) is 39.8 Å². The minimum atomic E-state index is -0.247. The van der Waals surface area contributed by atoms with Gasteiger partial charge in [0.15, 0.2) is 0 Å². The van der Waals surface area contributed by atoms with E-state index in [0.29, 0.717) is 23.7 Å². The fourth-order valence-electron chi connectivity index (χ4n) is 5.66. The second-order valence-corrected chi connectivity index (χ2v) is 14.1. The molecule has 1 N–H and O–H groups in total. The predicted octanol–water partition coefficient (Wildman–Crippen LogP) is 12.5. The van der Waals surface area contributed by atoms with Crippen LogP contribution < -0.4 is 5.32 Å². The molecule has 0 radical (unpaired) electrons. The van der Waals surface area contributed by atoms with Crippen molar-refractivity contribution in [2.45, 2.75) is 114 Å². The predicted molar refractivity (Wildman–Crippen MR) is 191 cm³/mol. The molecule has 0 heterocycles. The van der Waals surface area contributed by atoms with Gasteiger partial charge in [0.25, 0.3) is 0 Å². The van der Waals surface area contributed by atoms with Gasteiger partial charge < -0.3 is 5.32 Å². The topological polar surface area (TPSA) is 36.8 Å². The van der Waals surface area contributed by atoms with Gasteiger partial charge in [0.05, 0.1) is 17.1 Å². The maximum Gasteiger partial charge on any atom is 0.0702 e. The molecule has 43 heavy (non-hydrogen) atoms. The fraction of sp³-hybridized carbons (Fsp3) is 0.450. The number of anilines is 1. The summed E-state index contributed by atoms with van der Waals surface area (Å²) in [5, 5.41) is 3.83. The van der Waals surface area contributed by atoms with Crippen LogP contribution in [0.3, 0.4) is 0 Å². The Kier molecular flexibility index (Phi) is 11.4. The second kappa shape index (κ2) is 14.3. The molecular weight excluding hydrogens is 522 g/mol. The third kappa shape index (κ3) is 8.34. The third-order valence-electron chi connectivity index (χ3n) is 8.00. The van der Waals surface area contributed by atoms with Gasteiger partial charge in [0.1, 0.15) is 0 Å². The van der Waals surface area contributed by atoms with Crippen LogP contribution in [0.4, 0.5) is 17.1 Å². The van der Waals surface area contributed by atoms with Crippen LogP contribution >= 0.6 is 0 Å². The summed E-state index contributed by atoms with van der Waals surface area (Å²) in [4.78, 5) is 11.0. The van der Waals surface area contributed by atoms with E-state index in [4.69, 9.17) is 9.98 Å². The van der Waals surface area contributed by atoms with E-state index in [2.05, 4.69) is 162 Å². The van der Waals surface area contributed by atoms with Crippen molar-refractivity contribution in [2.24, 2.45) is 15.4 Å². The average Bonchev–Trinajstić information content (AvgIpc) is 2.92. The van der Waals surface area contributed by atoms with Crippen LogP contribution in [0.25, 0.3) is 0 Å². The Bertz CT molecular complexity index is 1460. The molecule has 0 aliphatic heterocycles. The first-order valence-corrected chi connectivity index (χ1v) is 16.1. The summed E-state index contributed by atoms with van der Waals surface area (Å²) in [6.45, 7) is 29.1. The van der Waals surface area contributed by atoms with Crippen molar-refractivity contribution < 1.29 is 0 Å². The van der Waals surface area contributed by atoms with Gasteiger partial charge in [-0.3, -0.25) is 9.98 Å². The van der Waals surface area contributed by atoms with Crippen molar-refractivity contribution in [2.75, 3.05) is 5.32 Å². The standard InChI is InChI=1S/C40H55N3/c1-25(2)31-19-14-16-23-35(31)41-29(9)37(30(10)42-36-24-17-15-20-32(36)26(3)4)39(40(11,12)13)43-38-33(27(5)6)21-18-22-34(38)28(7)8/h14-28,41H,1-13H3/b37-29+,42-30?,43-39?. The van der Waals surface area contributed by atoms with Crippen LogP contribution in [-0.4, -0.2) is 11.4 Å². The Hall–Kier alpha value is -3.46. The van der Waals surface area contributed by atoms with Gasteiger partial charge in [-0.05, 0) is 71.9 Å². The zero-order valence-corrected chi connectivity index (χ0v) is 29.1. The molecule has 0 aliphatic carbocycles. The maximum atomic E-state index is 5.65. The van der Waals surface area contributed by atoms with Gasteiger partial charge in [-0.2, -0.15) is 0 Å². The van der Waals surface area contributed by atoms with Crippen LogP contribution in [0.1, 0.15) is 136 Å². The van der Waals surface area contributed by atoms with Crippen molar-refractivity contribution in [3.8, 4) is 0 Å². The molecule has 3 rings (SSSR count). The second-order valence-electron chi connectivity index (χ2n) is 14.1. The van der Waals surface area contributed by atoms with Gasteiger partial charge in [0.2, 0.25) is 0 Å². The summed E-state index contributed by atoms with van der Waals surface area (Å²) in [5.74, 6) is 1.49. The van der Waals surface area contributed by atoms with Crippen LogP contribution in [0.2, 0.25) is 0 Å². The number of allylic oxidation sites excluding steroid dienone is 2. The first-order chi connectivity index (χ1) is 20.1. The molecule has 0 amide bonds. The van der Waals surface area contributed by atoms with Crippen LogP contribution in [0, 0.1) is 5.41 Å². The molecule has 3 aromatic rings. The summed E-state index contributed by atoms with van der Waals surface area (Å²) in [6, 6.07) is 23.8. The lowest BCUT2D eigenvalue weighted by atomic mass is 9.82. The van der Waals surface area contributed by atoms with Crippen molar-refractivity contribution in [3.05, 3.63) is 100 Å². The summed E-state index contributed by atoms with van der Waals surface area (Å²) in [5.41, 5.74) is 12.2. The third-order valence-corrected chi connectivity index (χ3v) is 8.00. The van der Waals surface area contributed by atoms with E-state index in [-0.39, 0.29) is 5.41 Å². The van der Waals surface area contributed by atoms with E-state index >= 15 is 0 Å². The molecule has 0 aliphatic rings. The highest BCUT2D eigenvalue weighted by Crippen LogP contribution is 2.38. The SMILES string of the molecule is CC(=Nc1ccccc1C(C)C)/C(C(=Nc1c(C(C)C)cccc1C(C)C)C(C)(C)C)=C(/C)Nc1ccccc1C(C)C. The van der Waals surface area contributed by atoms with E-state index in [9.17, 15) is 0 Å². The molecule has 0 unspecified atom stereocenters. The lowest BCUT2D eigenvalue weighted by Crippen LogP contribution is -2.28. The minimum absolute atomic E-state index is 0.247. The summed E-state index contributed by atoms with van der Waals surface area (Å²) >= 11 is 0. The van der Waals surface area contributed by atoms with E-state index in [1.807, 2.05) is 0 Å². The lowest BCUT2D eigenvalue weighted by molar-refractivity contribution is 0.592. The lowest BCUT2D eigenvalue weighted by Gasteiger charge is -2.28. The molecule has 230 valence electrons. The van der Waals surface area contributed by atoms with Crippen LogP contribution in [0.15, 0.2) is 88.0 Å². The number of para-hydroxylation sites is 3. The zero-order chi connectivity index (χ0) is 32.1. The van der Waals surface area contributed by atoms with Crippen molar-refractivity contribution in [1.82, 2.24) is 0 Å². The van der Waals surface area contributed by atoms with E-state index in [1.165, 1.54) is 22.3 Å². The van der Waals surface area contributed by atoms with Crippen LogP contribution in [-0.2, 0) is 0 Å². The Morgan fingerprint density at radius 2 is 1.05 bits per heavy atom. The van der Waals surface area contributed by atoms with Gasteiger partial charge >= 0.3 is 0 Å². The molecule has 0 saturated carbocycles. The normalized spacial score (nSPS) is 13.8. The van der Waals surface area contributed by atoms with Gasteiger partial charge in [0, 0.05) is 28.1 Å². The molecule has 0 spiro atoms. The Balaban J connectivity index is 2.43. The quantitative estimate of drug-likeness (QED) is 0.239. The number of benzene rings is 3. The van der Waals surface area contributed by atoms with Crippen LogP contribution in [0.5, 0.6) is 0 Å². The highest BCUT2D eigenvalue weighted by atomic mass is 14.9.